The third kappa shape index (κ3) is 1.69. The first kappa shape index (κ1) is 13.5. The fraction of sp³-hybridized carbons (Fsp3) is 0.238. The maximum atomic E-state index is 6.72. The third-order valence-electron chi connectivity index (χ3n) is 5.33. The zero-order valence-corrected chi connectivity index (χ0v) is 13.2. The SMILES string of the molecule is CCC(N)(CC)c1ccc2ccc3cccc4ccc1c2c34. The standard InChI is InChI=1S/C21H21N/c1-3-21(22,4-2)18-13-11-16-9-8-14-6-5-7-15-10-12-17(18)20(16)19(14)15/h5-13H,3-4,22H2,1-2H3. The summed E-state index contributed by atoms with van der Waals surface area (Å²) in [7, 11) is 0. The topological polar surface area (TPSA) is 26.0 Å². The average Bonchev–Trinajstić information content (AvgIpc) is 2.59. The molecule has 1 nitrogen and oxygen atoms in total. The molecule has 0 fully saturated rings. The molecule has 0 heterocycles. The molecule has 0 amide bonds. The summed E-state index contributed by atoms with van der Waals surface area (Å²) in [5.74, 6) is 0. The van der Waals surface area contributed by atoms with Crippen LogP contribution < -0.4 is 5.73 Å². The smallest absolute Gasteiger partial charge is 0.0410 e. The summed E-state index contributed by atoms with van der Waals surface area (Å²) in [6.07, 6.45) is 1.90. The molecule has 4 aromatic rings. The molecule has 22 heavy (non-hydrogen) atoms. The van der Waals surface area contributed by atoms with Crippen LogP contribution in [0.2, 0.25) is 0 Å². The predicted molar refractivity (Wildman–Crippen MR) is 96.6 cm³/mol. The van der Waals surface area contributed by atoms with Crippen molar-refractivity contribution in [2.75, 3.05) is 0 Å². The normalized spacial score (nSPS) is 12.7. The van der Waals surface area contributed by atoms with Gasteiger partial charge in [0.05, 0.1) is 0 Å². The van der Waals surface area contributed by atoms with E-state index in [0.29, 0.717) is 0 Å². The van der Waals surface area contributed by atoms with Crippen molar-refractivity contribution >= 4 is 32.3 Å². The summed E-state index contributed by atoms with van der Waals surface area (Å²) in [5, 5.41) is 7.97. The monoisotopic (exact) mass is 287 g/mol. The van der Waals surface area contributed by atoms with Gasteiger partial charge in [-0.15, -0.1) is 0 Å². The van der Waals surface area contributed by atoms with Crippen LogP contribution in [0.3, 0.4) is 0 Å². The van der Waals surface area contributed by atoms with Crippen LogP contribution in [-0.2, 0) is 5.54 Å². The van der Waals surface area contributed by atoms with Crippen LogP contribution in [0.15, 0.2) is 54.6 Å². The molecule has 110 valence electrons. The largest absolute Gasteiger partial charge is 0.321 e. The Hall–Kier alpha value is -2.12. The van der Waals surface area contributed by atoms with Crippen LogP contribution in [0.1, 0.15) is 32.3 Å². The Kier molecular flexibility index (Phi) is 2.88. The third-order valence-corrected chi connectivity index (χ3v) is 5.33. The van der Waals surface area contributed by atoms with Gasteiger partial charge in [0.2, 0.25) is 0 Å². The lowest BCUT2D eigenvalue weighted by Gasteiger charge is -2.29. The lowest BCUT2D eigenvalue weighted by atomic mass is 9.81. The summed E-state index contributed by atoms with van der Waals surface area (Å²) in [4.78, 5) is 0. The van der Waals surface area contributed by atoms with Gasteiger partial charge in [0, 0.05) is 5.54 Å². The zero-order valence-electron chi connectivity index (χ0n) is 13.2. The van der Waals surface area contributed by atoms with Crippen LogP contribution in [0, 0.1) is 0 Å². The number of hydrogen-bond donors (Lipinski definition) is 1. The molecule has 0 unspecified atom stereocenters. The maximum absolute atomic E-state index is 6.72. The van der Waals surface area contributed by atoms with Gasteiger partial charge in [0.1, 0.15) is 0 Å². The Balaban J connectivity index is 2.22. The van der Waals surface area contributed by atoms with Crippen molar-refractivity contribution < 1.29 is 0 Å². The van der Waals surface area contributed by atoms with E-state index in [4.69, 9.17) is 5.73 Å². The molecule has 4 rings (SSSR count). The highest BCUT2D eigenvalue weighted by Gasteiger charge is 2.25. The lowest BCUT2D eigenvalue weighted by Crippen LogP contribution is -2.35. The van der Waals surface area contributed by atoms with E-state index in [2.05, 4.69) is 68.4 Å². The van der Waals surface area contributed by atoms with Crippen molar-refractivity contribution in [3.05, 3.63) is 60.2 Å². The highest BCUT2D eigenvalue weighted by atomic mass is 14.7. The van der Waals surface area contributed by atoms with E-state index >= 15 is 0 Å². The van der Waals surface area contributed by atoms with Gasteiger partial charge in [-0.2, -0.15) is 0 Å². The van der Waals surface area contributed by atoms with Crippen molar-refractivity contribution in [1.82, 2.24) is 0 Å². The Morgan fingerprint density at radius 3 is 1.91 bits per heavy atom. The van der Waals surface area contributed by atoms with Gasteiger partial charge in [0.25, 0.3) is 0 Å². The molecule has 1 heteroatoms. The summed E-state index contributed by atoms with van der Waals surface area (Å²) in [6, 6.07) is 19.9. The molecule has 0 saturated heterocycles. The van der Waals surface area contributed by atoms with Gasteiger partial charge in [-0.05, 0) is 50.7 Å². The maximum Gasteiger partial charge on any atom is 0.0410 e. The van der Waals surface area contributed by atoms with E-state index in [0.717, 1.165) is 12.8 Å². The van der Waals surface area contributed by atoms with E-state index in [-0.39, 0.29) is 5.54 Å². The van der Waals surface area contributed by atoms with Crippen molar-refractivity contribution in [2.45, 2.75) is 32.2 Å². The van der Waals surface area contributed by atoms with Crippen molar-refractivity contribution in [3.8, 4) is 0 Å². The van der Waals surface area contributed by atoms with Crippen molar-refractivity contribution in [1.29, 1.82) is 0 Å². The van der Waals surface area contributed by atoms with Gasteiger partial charge >= 0.3 is 0 Å². The average molecular weight is 287 g/mol. The number of nitrogens with two attached hydrogens (primary N) is 1. The van der Waals surface area contributed by atoms with Crippen LogP contribution >= 0.6 is 0 Å². The van der Waals surface area contributed by atoms with Crippen LogP contribution in [0.5, 0.6) is 0 Å². The first-order chi connectivity index (χ1) is 10.7. The van der Waals surface area contributed by atoms with Gasteiger partial charge < -0.3 is 5.73 Å². The highest BCUT2D eigenvalue weighted by Crippen LogP contribution is 2.39. The Labute approximate surface area is 131 Å². The summed E-state index contributed by atoms with van der Waals surface area (Å²) < 4.78 is 0. The summed E-state index contributed by atoms with van der Waals surface area (Å²) >= 11 is 0. The zero-order chi connectivity index (χ0) is 15.3. The Morgan fingerprint density at radius 2 is 1.27 bits per heavy atom. The van der Waals surface area contributed by atoms with Crippen molar-refractivity contribution in [3.63, 3.8) is 0 Å². The lowest BCUT2D eigenvalue weighted by molar-refractivity contribution is 0.416. The van der Waals surface area contributed by atoms with Crippen molar-refractivity contribution in [2.24, 2.45) is 5.73 Å². The second-order valence-corrected chi connectivity index (χ2v) is 6.33. The minimum Gasteiger partial charge on any atom is -0.321 e. The van der Waals surface area contributed by atoms with Gasteiger partial charge in [0.15, 0.2) is 0 Å². The molecule has 0 radical (unpaired) electrons. The van der Waals surface area contributed by atoms with E-state index < -0.39 is 0 Å². The molecule has 0 aromatic heterocycles. The molecule has 2 N–H and O–H groups in total. The fourth-order valence-corrected chi connectivity index (χ4v) is 3.80. The number of rotatable bonds is 3. The van der Waals surface area contributed by atoms with E-state index in [9.17, 15) is 0 Å². The van der Waals surface area contributed by atoms with Crippen LogP contribution in [0.4, 0.5) is 0 Å². The molecule has 4 aromatic carbocycles. The van der Waals surface area contributed by atoms with Crippen LogP contribution in [0.25, 0.3) is 32.3 Å². The number of benzene rings is 4. The Morgan fingerprint density at radius 1 is 0.727 bits per heavy atom. The van der Waals surface area contributed by atoms with E-state index in [1.165, 1.54) is 37.9 Å². The molecular formula is C21H21N. The minimum absolute atomic E-state index is 0.248. The van der Waals surface area contributed by atoms with E-state index in [1.807, 2.05) is 0 Å². The first-order valence-corrected chi connectivity index (χ1v) is 8.14. The second kappa shape index (κ2) is 4.69. The molecule has 0 saturated carbocycles. The van der Waals surface area contributed by atoms with Gasteiger partial charge in [-0.3, -0.25) is 0 Å². The quantitative estimate of drug-likeness (QED) is 0.491. The fourth-order valence-electron chi connectivity index (χ4n) is 3.80. The summed E-state index contributed by atoms with van der Waals surface area (Å²) in [6.45, 7) is 4.36. The van der Waals surface area contributed by atoms with E-state index in [1.54, 1.807) is 0 Å². The predicted octanol–water partition coefficient (Wildman–Crippen LogP) is 5.56. The summed E-state index contributed by atoms with van der Waals surface area (Å²) in [5.41, 5.74) is 7.75. The second-order valence-electron chi connectivity index (χ2n) is 6.33. The molecule has 0 aliphatic carbocycles. The van der Waals surface area contributed by atoms with Crippen LogP contribution in [-0.4, -0.2) is 0 Å². The molecule has 0 aliphatic heterocycles. The molecule has 0 atom stereocenters. The first-order valence-electron chi connectivity index (χ1n) is 8.14. The highest BCUT2D eigenvalue weighted by molar-refractivity contribution is 6.23. The Bertz CT molecular complexity index is 948. The minimum atomic E-state index is -0.248. The molecule has 0 aliphatic rings. The van der Waals surface area contributed by atoms with Gasteiger partial charge in [-0.1, -0.05) is 68.4 Å². The molecular weight excluding hydrogens is 266 g/mol. The number of hydrogen-bond acceptors (Lipinski definition) is 1. The molecule has 0 bridgehead atoms. The molecule has 0 spiro atoms. The van der Waals surface area contributed by atoms with Gasteiger partial charge in [-0.25, -0.2) is 0 Å².